The number of aromatic hydroxyl groups is 1. The van der Waals surface area contributed by atoms with E-state index in [-0.39, 0.29) is 11.3 Å². The average molecular weight is 325 g/mol. The van der Waals surface area contributed by atoms with Gasteiger partial charge in [-0.1, -0.05) is 0 Å². The smallest absolute Gasteiger partial charge is 0.161 e. The standard InChI is InChI=1S/C19H23N3O2/c1-12-8-9-22-16(10-12)20-17(18(22)21-19(2,3)4)13-6-7-14(23)15(11-13)24-5/h6-11,21,23H,1-5H3. The third-order valence-electron chi connectivity index (χ3n) is 3.73. The van der Waals surface area contributed by atoms with Gasteiger partial charge < -0.3 is 15.2 Å². The van der Waals surface area contributed by atoms with E-state index in [2.05, 4.69) is 45.1 Å². The molecule has 0 amide bonds. The number of phenolic OH excluding ortho intramolecular Hbond substituents is 1. The summed E-state index contributed by atoms with van der Waals surface area (Å²) in [5.41, 5.74) is 3.64. The number of methoxy groups -OCH3 is 1. The lowest BCUT2D eigenvalue weighted by molar-refractivity contribution is 0.373. The zero-order valence-electron chi connectivity index (χ0n) is 14.7. The summed E-state index contributed by atoms with van der Waals surface area (Å²) < 4.78 is 7.28. The molecule has 0 unspecified atom stereocenters. The first-order chi connectivity index (χ1) is 11.3. The van der Waals surface area contributed by atoms with Crippen LogP contribution in [0.25, 0.3) is 16.9 Å². The van der Waals surface area contributed by atoms with Gasteiger partial charge >= 0.3 is 0 Å². The molecule has 0 spiro atoms. The van der Waals surface area contributed by atoms with Crippen molar-refractivity contribution in [3.63, 3.8) is 0 Å². The summed E-state index contributed by atoms with van der Waals surface area (Å²) in [6.45, 7) is 8.39. The number of hydrogen-bond acceptors (Lipinski definition) is 4. The van der Waals surface area contributed by atoms with E-state index in [1.54, 1.807) is 19.2 Å². The maximum atomic E-state index is 9.85. The van der Waals surface area contributed by atoms with E-state index < -0.39 is 0 Å². The molecule has 0 aliphatic heterocycles. The number of imidazole rings is 1. The molecular weight excluding hydrogens is 302 g/mol. The molecule has 0 aliphatic rings. The molecule has 0 aliphatic carbocycles. The molecule has 0 atom stereocenters. The summed E-state index contributed by atoms with van der Waals surface area (Å²) >= 11 is 0. The molecule has 3 aromatic rings. The van der Waals surface area contributed by atoms with Crippen molar-refractivity contribution in [1.82, 2.24) is 9.38 Å². The predicted molar refractivity (Wildman–Crippen MR) is 97.0 cm³/mol. The van der Waals surface area contributed by atoms with E-state index in [0.717, 1.165) is 28.3 Å². The van der Waals surface area contributed by atoms with E-state index in [4.69, 9.17) is 9.72 Å². The highest BCUT2D eigenvalue weighted by atomic mass is 16.5. The number of hydrogen-bond donors (Lipinski definition) is 2. The van der Waals surface area contributed by atoms with Gasteiger partial charge in [-0.25, -0.2) is 4.98 Å². The molecule has 2 aromatic heterocycles. The highest BCUT2D eigenvalue weighted by Gasteiger charge is 2.20. The molecule has 0 bridgehead atoms. The van der Waals surface area contributed by atoms with Gasteiger partial charge in [-0.05, 0) is 63.6 Å². The number of benzene rings is 1. The SMILES string of the molecule is COc1cc(-c2nc3cc(C)ccn3c2NC(C)(C)C)ccc1O. The molecule has 2 N–H and O–H groups in total. The van der Waals surface area contributed by atoms with E-state index >= 15 is 0 Å². The predicted octanol–water partition coefficient (Wildman–Crippen LogP) is 4.23. The van der Waals surface area contributed by atoms with E-state index in [9.17, 15) is 5.11 Å². The molecule has 0 radical (unpaired) electrons. The quantitative estimate of drug-likeness (QED) is 0.756. The summed E-state index contributed by atoms with van der Waals surface area (Å²) in [5.74, 6) is 1.47. The van der Waals surface area contributed by atoms with Crippen molar-refractivity contribution in [3.8, 4) is 22.8 Å². The van der Waals surface area contributed by atoms with Crippen LogP contribution >= 0.6 is 0 Å². The van der Waals surface area contributed by atoms with Gasteiger partial charge in [0.15, 0.2) is 11.5 Å². The second-order valence-corrected chi connectivity index (χ2v) is 7.00. The van der Waals surface area contributed by atoms with Crippen molar-refractivity contribution in [2.45, 2.75) is 33.2 Å². The maximum Gasteiger partial charge on any atom is 0.161 e. The molecule has 0 fully saturated rings. The number of anilines is 1. The highest BCUT2D eigenvalue weighted by Crippen LogP contribution is 2.36. The fourth-order valence-corrected chi connectivity index (χ4v) is 2.65. The third-order valence-corrected chi connectivity index (χ3v) is 3.73. The van der Waals surface area contributed by atoms with Crippen LogP contribution in [0.3, 0.4) is 0 Å². The lowest BCUT2D eigenvalue weighted by Gasteiger charge is -2.22. The second kappa shape index (κ2) is 5.74. The maximum absolute atomic E-state index is 9.85. The van der Waals surface area contributed by atoms with Gasteiger partial charge in [-0.15, -0.1) is 0 Å². The number of nitrogens with zero attached hydrogens (tertiary/aromatic N) is 2. The number of fused-ring (bicyclic) bond motifs is 1. The Balaban J connectivity index is 2.24. The molecule has 3 rings (SSSR count). The number of nitrogens with one attached hydrogen (secondary N) is 1. The summed E-state index contributed by atoms with van der Waals surface area (Å²) in [6, 6.07) is 9.39. The summed E-state index contributed by atoms with van der Waals surface area (Å²) in [7, 11) is 1.54. The van der Waals surface area contributed by atoms with Crippen LogP contribution in [-0.4, -0.2) is 27.1 Å². The minimum absolute atomic E-state index is 0.114. The molecule has 0 saturated heterocycles. The van der Waals surface area contributed by atoms with Gasteiger partial charge in [-0.3, -0.25) is 4.40 Å². The zero-order valence-corrected chi connectivity index (χ0v) is 14.7. The van der Waals surface area contributed by atoms with Gasteiger partial charge in [0.2, 0.25) is 0 Å². The van der Waals surface area contributed by atoms with Crippen molar-refractivity contribution < 1.29 is 9.84 Å². The molecule has 5 heteroatoms. The minimum atomic E-state index is -0.114. The lowest BCUT2D eigenvalue weighted by Crippen LogP contribution is -2.27. The topological polar surface area (TPSA) is 58.8 Å². The Morgan fingerprint density at radius 3 is 2.58 bits per heavy atom. The molecule has 24 heavy (non-hydrogen) atoms. The second-order valence-electron chi connectivity index (χ2n) is 7.00. The Hall–Kier alpha value is -2.69. The normalized spacial score (nSPS) is 11.7. The highest BCUT2D eigenvalue weighted by molar-refractivity contribution is 5.78. The molecular formula is C19H23N3O2. The first kappa shape index (κ1) is 16.2. The number of pyridine rings is 1. The van der Waals surface area contributed by atoms with Gasteiger partial charge in [0, 0.05) is 17.3 Å². The van der Waals surface area contributed by atoms with Gasteiger partial charge in [-0.2, -0.15) is 0 Å². The lowest BCUT2D eigenvalue weighted by atomic mass is 10.1. The fraction of sp³-hybridized carbons (Fsp3) is 0.316. The summed E-state index contributed by atoms with van der Waals surface area (Å²) in [6.07, 6.45) is 2.02. The number of phenols is 1. The van der Waals surface area contributed by atoms with E-state index in [1.807, 2.05) is 16.7 Å². The summed E-state index contributed by atoms with van der Waals surface area (Å²) in [4.78, 5) is 4.80. The zero-order chi connectivity index (χ0) is 17.5. The van der Waals surface area contributed by atoms with Crippen molar-refractivity contribution in [2.75, 3.05) is 12.4 Å². The van der Waals surface area contributed by atoms with Crippen molar-refractivity contribution in [2.24, 2.45) is 0 Å². The van der Waals surface area contributed by atoms with Crippen molar-refractivity contribution in [1.29, 1.82) is 0 Å². The van der Waals surface area contributed by atoms with Crippen molar-refractivity contribution in [3.05, 3.63) is 42.1 Å². The van der Waals surface area contributed by atoms with E-state index in [1.165, 1.54) is 0 Å². The molecule has 1 aromatic carbocycles. The number of aromatic nitrogens is 2. The van der Waals surface area contributed by atoms with Gasteiger partial charge in [0.05, 0.1) is 7.11 Å². The van der Waals surface area contributed by atoms with Crippen molar-refractivity contribution >= 4 is 11.5 Å². The van der Waals surface area contributed by atoms with Gasteiger partial charge in [0.1, 0.15) is 17.2 Å². The summed E-state index contributed by atoms with van der Waals surface area (Å²) in [5, 5.41) is 13.4. The molecule has 126 valence electrons. The van der Waals surface area contributed by atoms with Crippen LogP contribution in [0.4, 0.5) is 5.82 Å². The van der Waals surface area contributed by atoms with Gasteiger partial charge in [0.25, 0.3) is 0 Å². The van der Waals surface area contributed by atoms with Crippen LogP contribution < -0.4 is 10.1 Å². The minimum Gasteiger partial charge on any atom is -0.504 e. The van der Waals surface area contributed by atoms with E-state index in [0.29, 0.717) is 5.75 Å². The number of ether oxygens (including phenoxy) is 1. The number of aryl methyl sites for hydroxylation is 1. The van der Waals surface area contributed by atoms with Crippen LogP contribution in [0.2, 0.25) is 0 Å². The Bertz CT molecular complexity index is 891. The molecule has 2 heterocycles. The number of rotatable bonds is 3. The third kappa shape index (κ3) is 3.02. The fourth-order valence-electron chi connectivity index (χ4n) is 2.65. The molecule has 5 nitrogen and oxygen atoms in total. The Morgan fingerprint density at radius 1 is 1.17 bits per heavy atom. The first-order valence-electron chi connectivity index (χ1n) is 7.93. The van der Waals surface area contributed by atoms with Crippen LogP contribution in [0.5, 0.6) is 11.5 Å². The van der Waals surface area contributed by atoms with Crippen LogP contribution in [-0.2, 0) is 0 Å². The van der Waals surface area contributed by atoms with Crippen LogP contribution in [0, 0.1) is 6.92 Å². The Morgan fingerprint density at radius 2 is 1.92 bits per heavy atom. The van der Waals surface area contributed by atoms with Crippen LogP contribution in [0.15, 0.2) is 36.5 Å². The van der Waals surface area contributed by atoms with Crippen LogP contribution in [0.1, 0.15) is 26.3 Å². The first-order valence-corrected chi connectivity index (χ1v) is 7.93. The Labute approximate surface area is 141 Å². The monoisotopic (exact) mass is 325 g/mol. The Kier molecular flexibility index (Phi) is 3.87. The molecule has 0 saturated carbocycles. The largest absolute Gasteiger partial charge is 0.504 e. The average Bonchev–Trinajstić information content (AvgIpc) is 2.83.